The van der Waals surface area contributed by atoms with E-state index in [4.69, 9.17) is 34.8 Å². The number of methoxy groups -OCH3 is 6. The number of benzene rings is 3. The molecule has 0 aliphatic carbocycles. The third-order valence-electron chi connectivity index (χ3n) is 4.77. The molecule has 6 nitrogen and oxygen atoms in total. The van der Waals surface area contributed by atoms with Gasteiger partial charge in [0.1, 0.15) is 42.6 Å². The first-order valence-electron chi connectivity index (χ1n) is 11.8. The van der Waals surface area contributed by atoms with Crippen molar-refractivity contribution >= 4 is 24.0 Å². The van der Waals surface area contributed by atoms with Crippen LogP contribution in [0.4, 0.5) is 0 Å². The number of terminal acetylenes is 1. The van der Waals surface area contributed by atoms with Gasteiger partial charge in [0.15, 0.2) is 0 Å². The maximum atomic E-state index is 5.24. The summed E-state index contributed by atoms with van der Waals surface area (Å²) in [5.41, 5.74) is 5.02. The molecule has 0 aromatic heterocycles. The van der Waals surface area contributed by atoms with E-state index in [1.807, 2.05) is 36.4 Å². The molecule has 0 amide bonds. The van der Waals surface area contributed by atoms with Crippen molar-refractivity contribution in [1.29, 1.82) is 0 Å². The van der Waals surface area contributed by atoms with Crippen molar-refractivity contribution in [1.82, 2.24) is 0 Å². The zero-order valence-corrected chi connectivity index (χ0v) is 26.7. The Labute approximate surface area is 242 Å². The topological polar surface area (TPSA) is 55.4 Å². The molecule has 39 heavy (non-hydrogen) atoms. The lowest BCUT2D eigenvalue weighted by Gasteiger charge is -2.06. The molecule has 8 heteroatoms. The molecule has 0 fully saturated rings. The SMILES string of the molecule is C#Cc1cc(OC)cc(OC)c1.COc1cc(Br)cc(OC)c1.COc1cc(C#C[Si](C)(C)C)cc(OC)c1. The Kier molecular flexibility index (Phi) is 14.5. The molecular formula is C31H37BrO6Si. The zero-order valence-electron chi connectivity index (χ0n) is 24.1. The number of rotatable bonds is 6. The summed E-state index contributed by atoms with van der Waals surface area (Å²) in [7, 11) is 8.39. The van der Waals surface area contributed by atoms with E-state index in [1.165, 1.54) is 0 Å². The third kappa shape index (κ3) is 13.1. The molecule has 0 heterocycles. The van der Waals surface area contributed by atoms with Crippen LogP contribution in [0.25, 0.3) is 0 Å². The van der Waals surface area contributed by atoms with Gasteiger partial charge in [0.05, 0.1) is 42.7 Å². The summed E-state index contributed by atoms with van der Waals surface area (Å²) in [6.07, 6.45) is 5.24. The highest BCUT2D eigenvalue weighted by atomic mass is 79.9. The minimum absolute atomic E-state index is 0.710. The van der Waals surface area contributed by atoms with Crippen molar-refractivity contribution in [2.45, 2.75) is 19.6 Å². The Bertz CT molecular complexity index is 1230. The number of ether oxygens (including phenoxy) is 6. The zero-order chi connectivity index (χ0) is 29.4. The van der Waals surface area contributed by atoms with Gasteiger partial charge in [-0.1, -0.05) is 47.4 Å². The lowest BCUT2D eigenvalue weighted by molar-refractivity contribution is 0.393. The molecule has 0 aliphatic rings. The van der Waals surface area contributed by atoms with Gasteiger partial charge in [-0.15, -0.1) is 12.0 Å². The monoisotopic (exact) mass is 612 g/mol. The molecule has 0 unspecified atom stereocenters. The minimum atomic E-state index is -1.34. The number of hydrogen-bond acceptors (Lipinski definition) is 6. The van der Waals surface area contributed by atoms with Gasteiger partial charge >= 0.3 is 0 Å². The maximum Gasteiger partial charge on any atom is 0.129 e. The van der Waals surface area contributed by atoms with Crippen molar-refractivity contribution in [2.75, 3.05) is 42.7 Å². The average Bonchev–Trinajstić information content (AvgIpc) is 2.95. The molecule has 208 valence electrons. The minimum Gasteiger partial charge on any atom is -0.497 e. The van der Waals surface area contributed by atoms with Crippen molar-refractivity contribution in [3.8, 4) is 58.3 Å². The van der Waals surface area contributed by atoms with Crippen LogP contribution >= 0.6 is 15.9 Å². The standard InChI is InChI=1S/C13H18O2Si.C10H10O2.C8H9BrO2/c1-14-12-8-11(6-7-16(3,4)5)9-13(10-12)15-2;1-4-8-5-9(11-2)7-10(6-8)12-3;1-10-7-3-6(9)4-8(5-7)11-2/h8-10H,1-5H3;1,5-7H,2-3H3;3-5H,1-2H3. The van der Waals surface area contributed by atoms with E-state index in [-0.39, 0.29) is 0 Å². The largest absolute Gasteiger partial charge is 0.497 e. The van der Waals surface area contributed by atoms with Gasteiger partial charge in [0.25, 0.3) is 0 Å². The Morgan fingerprint density at radius 1 is 0.538 bits per heavy atom. The van der Waals surface area contributed by atoms with Crippen LogP contribution in [0, 0.1) is 23.8 Å². The highest BCUT2D eigenvalue weighted by molar-refractivity contribution is 9.10. The van der Waals surface area contributed by atoms with Gasteiger partial charge in [-0.3, -0.25) is 0 Å². The molecule has 0 atom stereocenters. The third-order valence-corrected chi connectivity index (χ3v) is 6.10. The number of hydrogen-bond donors (Lipinski definition) is 0. The smallest absolute Gasteiger partial charge is 0.129 e. The molecule has 0 spiro atoms. The van der Waals surface area contributed by atoms with Gasteiger partial charge in [0.2, 0.25) is 0 Å². The highest BCUT2D eigenvalue weighted by Crippen LogP contribution is 2.25. The van der Waals surface area contributed by atoms with E-state index in [1.54, 1.807) is 60.9 Å². The van der Waals surface area contributed by atoms with E-state index < -0.39 is 8.07 Å². The fourth-order valence-electron chi connectivity index (χ4n) is 2.80. The molecular weight excluding hydrogens is 576 g/mol. The van der Waals surface area contributed by atoms with Gasteiger partial charge in [-0.2, -0.15) is 0 Å². The molecule has 0 bridgehead atoms. The first kappa shape index (κ1) is 33.3. The molecule has 0 saturated carbocycles. The molecule has 3 aromatic carbocycles. The van der Waals surface area contributed by atoms with Crippen LogP contribution in [0.2, 0.25) is 19.6 Å². The summed E-state index contributed by atoms with van der Waals surface area (Å²) in [5, 5.41) is 0. The second-order valence-corrected chi connectivity index (χ2v) is 14.5. The van der Waals surface area contributed by atoms with E-state index in [9.17, 15) is 0 Å². The van der Waals surface area contributed by atoms with Crippen LogP contribution in [0.15, 0.2) is 59.1 Å². The van der Waals surface area contributed by atoms with Crippen LogP contribution in [0.5, 0.6) is 34.5 Å². The van der Waals surface area contributed by atoms with Gasteiger partial charge in [0, 0.05) is 33.8 Å². The maximum absolute atomic E-state index is 5.24. The van der Waals surface area contributed by atoms with E-state index >= 15 is 0 Å². The highest BCUT2D eigenvalue weighted by Gasteiger charge is 2.08. The Hall–Kier alpha value is -3.72. The quantitative estimate of drug-likeness (QED) is 0.219. The fourth-order valence-corrected chi connectivity index (χ4v) is 3.77. The second-order valence-electron chi connectivity index (χ2n) is 8.88. The van der Waals surface area contributed by atoms with Crippen LogP contribution in [0.1, 0.15) is 11.1 Å². The van der Waals surface area contributed by atoms with Crippen LogP contribution < -0.4 is 28.4 Å². The summed E-state index contributed by atoms with van der Waals surface area (Å²) in [6.45, 7) is 6.66. The lowest BCUT2D eigenvalue weighted by Crippen LogP contribution is -2.16. The number of halogens is 1. The summed E-state index contributed by atoms with van der Waals surface area (Å²) in [6, 6.07) is 16.6. The van der Waals surface area contributed by atoms with Crippen LogP contribution in [-0.4, -0.2) is 50.7 Å². The summed E-state index contributed by atoms with van der Waals surface area (Å²) < 4.78 is 31.4. The first-order valence-corrected chi connectivity index (χ1v) is 16.1. The predicted molar refractivity (Wildman–Crippen MR) is 164 cm³/mol. The predicted octanol–water partition coefficient (Wildman–Crippen LogP) is 7.08. The van der Waals surface area contributed by atoms with Gasteiger partial charge in [-0.05, 0) is 36.4 Å². The average molecular weight is 614 g/mol. The molecule has 0 radical (unpaired) electrons. The Morgan fingerprint density at radius 2 is 0.846 bits per heavy atom. The van der Waals surface area contributed by atoms with Crippen molar-refractivity contribution < 1.29 is 28.4 Å². The Morgan fingerprint density at radius 3 is 1.13 bits per heavy atom. The molecule has 3 aromatic rings. The van der Waals surface area contributed by atoms with E-state index in [2.05, 4.69) is 53.0 Å². The summed E-state index contributed by atoms with van der Waals surface area (Å²) in [5.74, 6) is 10.3. The van der Waals surface area contributed by atoms with Gasteiger partial charge in [-0.25, -0.2) is 0 Å². The van der Waals surface area contributed by atoms with Gasteiger partial charge < -0.3 is 28.4 Å². The fraction of sp³-hybridized carbons (Fsp3) is 0.290. The van der Waals surface area contributed by atoms with Crippen molar-refractivity contribution in [3.05, 3.63) is 70.2 Å². The first-order chi connectivity index (χ1) is 18.5. The normalized spacial score (nSPS) is 9.56. The van der Waals surface area contributed by atoms with E-state index in [0.29, 0.717) is 11.5 Å². The van der Waals surface area contributed by atoms with E-state index in [0.717, 1.165) is 38.6 Å². The molecule has 0 saturated heterocycles. The van der Waals surface area contributed by atoms with Crippen LogP contribution in [-0.2, 0) is 0 Å². The van der Waals surface area contributed by atoms with Crippen LogP contribution in [0.3, 0.4) is 0 Å². The molecule has 3 rings (SSSR count). The van der Waals surface area contributed by atoms with Crippen molar-refractivity contribution in [3.63, 3.8) is 0 Å². The Balaban J connectivity index is 0.000000299. The molecule has 0 aliphatic heterocycles. The lowest BCUT2D eigenvalue weighted by atomic mass is 10.2. The van der Waals surface area contributed by atoms with Crippen molar-refractivity contribution in [2.24, 2.45) is 0 Å². The second kappa shape index (κ2) is 17.0. The summed E-state index contributed by atoms with van der Waals surface area (Å²) >= 11 is 3.33. The molecule has 0 N–H and O–H groups in total. The summed E-state index contributed by atoms with van der Waals surface area (Å²) in [4.78, 5) is 0.